The first-order chi connectivity index (χ1) is 11.3. The summed E-state index contributed by atoms with van der Waals surface area (Å²) in [5, 5.41) is 7.97. The molecule has 2 aromatic carbocycles. The van der Waals surface area contributed by atoms with E-state index in [2.05, 4.69) is 34.4 Å². The van der Waals surface area contributed by atoms with Crippen molar-refractivity contribution in [2.45, 2.75) is 20.1 Å². The summed E-state index contributed by atoms with van der Waals surface area (Å²) in [7, 11) is 0. The Morgan fingerprint density at radius 1 is 0.957 bits per heavy atom. The van der Waals surface area contributed by atoms with E-state index in [1.165, 1.54) is 14.9 Å². The molecule has 0 spiro atoms. The Bertz CT molecular complexity index is 795. The number of hydrogen-bond acceptors (Lipinski definition) is 4. The molecule has 0 aliphatic carbocycles. The highest BCUT2D eigenvalue weighted by Crippen LogP contribution is 2.05. The van der Waals surface area contributed by atoms with Gasteiger partial charge < -0.3 is 0 Å². The van der Waals surface area contributed by atoms with Gasteiger partial charge in [0.1, 0.15) is 6.67 Å². The average molecular weight is 309 g/mol. The molecule has 1 heterocycles. The first-order valence-electron chi connectivity index (χ1n) is 7.62. The van der Waals surface area contributed by atoms with Gasteiger partial charge in [0.2, 0.25) is 0 Å². The lowest BCUT2D eigenvalue weighted by molar-refractivity contribution is 0.204. The van der Waals surface area contributed by atoms with Gasteiger partial charge in [-0.2, -0.15) is 9.36 Å². The number of para-hydroxylation sites is 1. The Morgan fingerprint density at radius 3 is 2.26 bits per heavy atom. The van der Waals surface area contributed by atoms with E-state index in [9.17, 15) is 4.79 Å². The maximum atomic E-state index is 12.4. The molecule has 23 heavy (non-hydrogen) atoms. The summed E-state index contributed by atoms with van der Waals surface area (Å²) >= 11 is 0. The third kappa shape index (κ3) is 3.54. The standard InChI is InChI=1S/C17H19N5O/c1-2-20(13-15-9-5-3-6-10-15)14-21-17(23)22(19-18-21)16-11-7-4-8-12-16/h3-12H,2,13-14H2,1H3. The Morgan fingerprint density at radius 2 is 1.61 bits per heavy atom. The third-order valence-corrected chi connectivity index (χ3v) is 3.67. The summed E-state index contributed by atoms with van der Waals surface area (Å²) in [6, 6.07) is 19.5. The van der Waals surface area contributed by atoms with Crippen LogP contribution in [0.1, 0.15) is 12.5 Å². The molecule has 0 unspecified atom stereocenters. The highest BCUT2D eigenvalue weighted by atomic mass is 16.2. The van der Waals surface area contributed by atoms with Crippen molar-refractivity contribution in [3.8, 4) is 5.69 Å². The highest BCUT2D eigenvalue weighted by Gasteiger charge is 2.12. The SMILES string of the molecule is CCN(Cc1ccccc1)Cn1nnn(-c2ccccc2)c1=O. The Labute approximate surface area is 134 Å². The minimum absolute atomic E-state index is 0.234. The van der Waals surface area contributed by atoms with Crippen LogP contribution in [0.25, 0.3) is 5.69 Å². The van der Waals surface area contributed by atoms with Crippen molar-refractivity contribution in [1.82, 2.24) is 24.7 Å². The second-order valence-corrected chi connectivity index (χ2v) is 5.28. The number of hydrogen-bond donors (Lipinski definition) is 0. The molecule has 1 aromatic heterocycles. The molecule has 0 N–H and O–H groups in total. The quantitative estimate of drug-likeness (QED) is 0.698. The van der Waals surface area contributed by atoms with E-state index in [4.69, 9.17) is 0 Å². The van der Waals surface area contributed by atoms with Gasteiger partial charge >= 0.3 is 5.69 Å². The van der Waals surface area contributed by atoms with Crippen LogP contribution < -0.4 is 5.69 Å². The fourth-order valence-electron chi connectivity index (χ4n) is 2.39. The number of tetrazole rings is 1. The van der Waals surface area contributed by atoms with Gasteiger partial charge in [-0.3, -0.25) is 4.90 Å². The maximum absolute atomic E-state index is 12.4. The topological polar surface area (TPSA) is 56.0 Å². The third-order valence-electron chi connectivity index (χ3n) is 3.67. The summed E-state index contributed by atoms with van der Waals surface area (Å²) in [4.78, 5) is 14.6. The molecular formula is C17H19N5O. The molecule has 0 fully saturated rings. The van der Waals surface area contributed by atoms with E-state index in [1.54, 1.807) is 0 Å². The molecule has 6 nitrogen and oxygen atoms in total. The monoisotopic (exact) mass is 309 g/mol. The molecule has 3 aromatic rings. The fourth-order valence-corrected chi connectivity index (χ4v) is 2.39. The van der Waals surface area contributed by atoms with Gasteiger partial charge in [-0.1, -0.05) is 55.5 Å². The van der Waals surface area contributed by atoms with Crippen molar-refractivity contribution >= 4 is 0 Å². The lowest BCUT2D eigenvalue weighted by Gasteiger charge is -2.19. The minimum Gasteiger partial charge on any atom is -0.280 e. The van der Waals surface area contributed by atoms with Crippen molar-refractivity contribution in [2.24, 2.45) is 0 Å². The normalized spacial score (nSPS) is 11.0. The van der Waals surface area contributed by atoms with E-state index >= 15 is 0 Å². The first kappa shape index (κ1) is 15.2. The van der Waals surface area contributed by atoms with Crippen LogP contribution in [0.2, 0.25) is 0 Å². The number of nitrogens with zero attached hydrogens (tertiary/aromatic N) is 5. The Hall–Kier alpha value is -2.73. The maximum Gasteiger partial charge on any atom is 0.369 e. The largest absolute Gasteiger partial charge is 0.369 e. The molecule has 3 rings (SSSR count). The number of aromatic nitrogens is 4. The molecular weight excluding hydrogens is 290 g/mol. The van der Waals surface area contributed by atoms with Crippen LogP contribution in [-0.2, 0) is 13.2 Å². The van der Waals surface area contributed by atoms with Gasteiger partial charge in [-0.15, -0.1) is 0 Å². The molecule has 0 atom stereocenters. The minimum atomic E-state index is -0.234. The summed E-state index contributed by atoms with van der Waals surface area (Å²) < 4.78 is 2.70. The van der Waals surface area contributed by atoms with Crippen LogP contribution in [0.5, 0.6) is 0 Å². The zero-order chi connectivity index (χ0) is 16.1. The fraction of sp³-hybridized carbons (Fsp3) is 0.235. The van der Waals surface area contributed by atoms with Crippen molar-refractivity contribution < 1.29 is 0 Å². The van der Waals surface area contributed by atoms with Crippen LogP contribution in [0.4, 0.5) is 0 Å². The smallest absolute Gasteiger partial charge is 0.280 e. The lowest BCUT2D eigenvalue weighted by atomic mass is 10.2. The van der Waals surface area contributed by atoms with E-state index in [1.807, 2.05) is 48.5 Å². The van der Waals surface area contributed by atoms with Gasteiger partial charge in [-0.25, -0.2) is 4.79 Å². The van der Waals surface area contributed by atoms with E-state index in [-0.39, 0.29) is 5.69 Å². The van der Waals surface area contributed by atoms with Crippen LogP contribution in [-0.4, -0.2) is 31.2 Å². The second-order valence-electron chi connectivity index (χ2n) is 5.28. The lowest BCUT2D eigenvalue weighted by Crippen LogP contribution is -2.33. The predicted molar refractivity (Wildman–Crippen MR) is 88.1 cm³/mol. The Kier molecular flexibility index (Phi) is 4.63. The zero-order valence-electron chi connectivity index (χ0n) is 13.0. The molecule has 6 heteroatoms. The van der Waals surface area contributed by atoms with Gasteiger partial charge in [-0.05, 0) is 34.7 Å². The summed E-state index contributed by atoms with van der Waals surface area (Å²) in [6.07, 6.45) is 0. The molecule has 0 aliphatic heterocycles. The zero-order valence-corrected chi connectivity index (χ0v) is 13.0. The van der Waals surface area contributed by atoms with Crippen molar-refractivity contribution in [2.75, 3.05) is 6.54 Å². The summed E-state index contributed by atoms with van der Waals surface area (Å²) in [5.74, 6) is 0. The van der Waals surface area contributed by atoms with E-state index in [0.29, 0.717) is 6.67 Å². The molecule has 0 bridgehead atoms. The molecule has 0 amide bonds. The highest BCUT2D eigenvalue weighted by molar-refractivity contribution is 5.28. The van der Waals surface area contributed by atoms with E-state index < -0.39 is 0 Å². The van der Waals surface area contributed by atoms with Crippen LogP contribution >= 0.6 is 0 Å². The van der Waals surface area contributed by atoms with Crippen LogP contribution in [0, 0.1) is 0 Å². The average Bonchev–Trinajstić information content (AvgIpc) is 2.96. The van der Waals surface area contributed by atoms with E-state index in [0.717, 1.165) is 18.8 Å². The van der Waals surface area contributed by atoms with Gasteiger partial charge in [0.05, 0.1) is 5.69 Å². The summed E-state index contributed by atoms with van der Waals surface area (Å²) in [6.45, 7) is 4.06. The summed E-state index contributed by atoms with van der Waals surface area (Å²) in [5.41, 5.74) is 1.69. The molecule has 0 aliphatic rings. The molecule has 0 saturated carbocycles. The van der Waals surface area contributed by atoms with Crippen LogP contribution in [0.15, 0.2) is 65.5 Å². The predicted octanol–water partition coefficient (Wildman–Crippen LogP) is 1.91. The van der Waals surface area contributed by atoms with Crippen LogP contribution in [0.3, 0.4) is 0 Å². The first-order valence-corrected chi connectivity index (χ1v) is 7.62. The van der Waals surface area contributed by atoms with Gasteiger partial charge in [0.15, 0.2) is 0 Å². The van der Waals surface area contributed by atoms with Crippen molar-refractivity contribution in [3.63, 3.8) is 0 Å². The van der Waals surface area contributed by atoms with Crippen molar-refractivity contribution in [3.05, 3.63) is 76.7 Å². The van der Waals surface area contributed by atoms with Gasteiger partial charge in [0, 0.05) is 6.54 Å². The number of benzene rings is 2. The van der Waals surface area contributed by atoms with Crippen molar-refractivity contribution in [1.29, 1.82) is 0 Å². The van der Waals surface area contributed by atoms with Gasteiger partial charge in [0.25, 0.3) is 0 Å². The second kappa shape index (κ2) is 7.02. The molecule has 0 radical (unpaired) electrons. The molecule has 118 valence electrons. The number of rotatable bonds is 6. The Balaban J connectivity index is 1.77. The molecule has 0 saturated heterocycles.